The number of aromatic nitrogens is 2. The number of benzene rings is 1. The standard InChI is InChI=1S/C13H14N2O/c1-9-4-6-11(7-5-9)13(16)12-8-15(3)14-10(12)2/h4-8H,1-3H3. The minimum Gasteiger partial charge on any atom is -0.288 e. The van der Waals surface area contributed by atoms with Gasteiger partial charge in [0.1, 0.15) is 0 Å². The molecule has 1 aromatic carbocycles. The van der Waals surface area contributed by atoms with Crippen molar-refractivity contribution < 1.29 is 4.79 Å². The smallest absolute Gasteiger partial charge is 0.196 e. The van der Waals surface area contributed by atoms with E-state index >= 15 is 0 Å². The third-order valence-electron chi connectivity index (χ3n) is 2.57. The summed E-state index contributed by atoms with van der Waals surface area (Å²) >= 11 is 0. The van der Waals surface area contributed by atoms with E-state index in [4.69, 9.17) is 0 Å². The highest BCUT2D eigenvalue weighted by Gasteiger charge is 2.14. The first kappa shape index (κ1) is 10.6. The van der Waals surface area contributed by atoms with Gasteiger partial charge in [0.2, 0.25) is 0 Å². The molecule has 82 valence electrons. The third-order valence-corrected chi connectivity index (χ3v) is 2.57. The summed E-state index contributed by atoms with van der Waals surface area (Å²) in [7, 11) is 1.82. The molecule has 3 nitrogen and oxygen atoms in total. The van der Waals surface area contributed by atoms with Crippen molar-refractivity contribution in [2.75, 3.05) is 0 Å². The van der Waals surface area contributed by atoms with Crippen LogP contribution in [0.25, 0.3) is 0 Å². The van der Waals surface area contributed by atoms with E-state index < -0.39 is 0 Å². The van der Waals surface area contributed by atoms with Gasteiger partial charge in [-0.2, -0.15) is 5.10 Å². The van der Waals surface area contributed by atoms with Crippen LogP contribution in [-0.4, -0.2) is 15.6 Å². The molecule has 0 bridgehead atoms. The van der Waals surface area contributed by atoms with E-state index in [2.05, 4.69) is 5.10 Å². The van der Waals surface area contributed by atoms with Crippen LogP contribution in [0.2, 0.25) is 0 Å². The number of aryl methyl sites for hydroxylation is 3. The Bertz CT molecular complexity index is 523. The zero-order chi connectivity index (χ0) is 11.7. The molecule has 0 N–H and O–H groups in total. The number of ketones is 1. The highest BCUT2D eigenvalue weighted by molar-refractivity contribution is 6.09. The molecule has 0 radical (unpaired) electrons. The molecule has 16 heavy (non-hydrogen) atoms. The Labute approximate surface area is 94.7 Å². The topological polar surface area (TPSA) is 34.9 Å². The first-order chi connectivity index (χ1) is 7.58. The lowest BCUT2D eigenvalue weighted by molar-refractivity contribution is 0.103. The Morgan fingerprint density at radius 3 is 2.31 bits per heavy atom. The minimum absolute atomic E-state index is 0.0330. The van der Waals surface area contributed by atoms with Gasteiger partial charge in [0.05, 0.1) is 11.3 Å². The number of carbonyl (C=O) groups is 1. The van der Waals surface area contributed by atoms with E-state index in [1.807, 2.05) is 45.2 Å². The molecule has 2 rings (SSSR count). The van der Waals surface area contributed by atoms with Crippen LogP contribution in [0.15, 0.2) is 30.5 Å². The fourth-order valence-corrected chi connectivity index (χ4v) is 1.68. The van der Waals surface area contributed by atoms with Crippen LogP contribution in [0.4, 0.5) is 0 Å². The second-order valence-electron chi connectivity index (χ2n) is 4.00. The van der Waals surface area contributed by atoms with Crippen LogP contribution in [0.3, 0.4) is 0 Å². The molecule has 1 aromatic heterocycles. The van der Waals surface area contributed by atoms with Crippen molar-refractivity contribution in [3.05, 3.63) is 52.8 Å². The first-order valence-electron chi connectivity index (χ1n) is 5.19. The fourth-order valence-electron chi connectivity index (χ4n) is 1.68. The van der Waals surface area contributed by atoms with Crippen LogP contribution in [-0.2, 0) is 7.05 Å². The van der Waals surface area contributed by atoms with Gasteiger partial charge in [-0.25, -0.2) is 0 Å². The monoisotopic (exact) mass is 214 g/mol. The van der Waals surface area contributed by atoms with Gasteiger partial charge in [0.25, 0.3) is 0 Å². The predicted octanol–water partition coefficient (Wildman–Crippen LogP) is 2.27. The summed E-state index contributed by atoms with van der Waals surface area (Å²) in [6.07, 6.45) is 1.76. The van der Waals surface area contributed by atoms with E-state index in [0.29, 0.717) is 11.1 Å². The predicted molar refractivity (Wildman–Crippen MR) is 62.6 cm³/mol. The van der Waals surface area contributed by atoms with Gasteiger partial charge in [-0.15, -0.1) is 0 Å². The van der Waals surface area contributed by atoms with E-state index in [9.17, 15) is 4.79 Å². The average Bonchev–Trinajstić information content (AvgIpc) is 2.58. The Morgan fingerprint density at radius 2 is 1.81 bits per heavy atom. The Morgan fingerprint density at radius 1 is 1.19 bits per heavy atom. The van der Waals surface area contributed by atoms with Gasteiger partial charge in [-0.05, 0) is 13.8 Å². The molecule has 0 spiro atoms. The maximum Gasteiger partial charge on any atom is 0.196 e. The van der Waals surface area contributed by atoms with Gasteiger partial charge in [-0.3, -0.25) is 9.48 Å². The molecule has 2 aromatic rings. The third kappa shape index (κ3) is 1.89. The van der Waals surface area contributed by atoms with Gasteiger partial charge in [-0.1, -0.05) is 29.8 Å². The molecule has 1 heterocycles. The van der Waals surface area contributed by atoms with Crippen LogP contribution in [0.1, 0.15) is 27.2 Å². The quantitative estimate of drug-likeness (QED) is 0.719. The van der Waals surface area contributed by atoms with Gasteiger partial charge >= 0.3 is 0 Å². The van der Waals surface area contributed by atoms with Crippen molar-refractivity contribution in [1.29, 1.82) is 0 Å². The Kier molecular flexibility index (Phi) is 2.60. The van der Waals surface area contributed by atoms with Crippen LogP contribution >= 0.6 is 0 Å². The van der Waals surface area contributed by atoms with Crippen LogP contribution in [0.5, 0.6) is 0 Å². The molecule has 0 fully saturated rings. The molecule has 0 aliphatic carbocycles. The maximum absolute atomic E-state index is 12.1. The molecule has 0 amide bonds. The van der Waals surface area contributed by atoms with Crippen molar-refractivity contribution in [3.8, 4) is 0 Å². The van der Waals surface area contributed by atoms with E-state index in [0.717, 1.165) is 11.3 Å². The number of rotatable bonds is 2. The van der Waals surface area contributed by atoms with Crippen molar-refractivity contribution in [2.24, 2.45) is 7.05 Å². The minimum atomic E-state index is 0.0330. The first-order valence-corrected chi connectivity index (χ1v) is 5.19. The van der Waals surface area contributed by atoms with E-state index in [1.54, 1.807) is 10.9 Å². The Hall–Kier alpha value is -1.90. The van der Waals surface area contributed by atoms with E-state index in [1.165, 1.54) is 0 Å². The summed E-state index contributed by atoms with van der Waals surface area (Å²) in [5.74, 6) is 0.0330. The summed E-state index contributed by atoms with van der Waals surface area (Å²) in [5.41, 5.74) is 3.31. The SMILES string of the molecule is Cc1ccc(C(=O)c2cn(C)nc2C)cc1. The lowest BCUT2D eigenvalue weighted by Crippen LogP contribution is -2.01. The molecule has 0 unspecified atom stereocenters. The van der Waals surface area contributed by atoms with Crippen LogP contribution < -0.4 is 0 Å². The number of carbonyl (C=O) groups excluding carboxylic acids is 1. The largest absolute Gasteiger partial charge is 0.288 e. The number of hydrogen-bond donors (Lipinski definition) is 0. The number of hydrogen-bond acceptors (Lipinski definition) is 2. The highest BCUT2D eigenvalue weighted by Crippen LogP contribution is 2.13. The summed E-state index contributed by atoms with van der Waals surface area (Å²) in [4.78, 5) is 12.1. The molecular formula is C13H14N2O. The lowest BCUT2D eigenvalue weighted by atomic mass is 10.0. The van der Waals surface area contributed by atoms with Gasteiger partial charge < -0.3 is 0 Å². The molecule has 0 saturated carbocycles. The molecular weight excluding hydrogens is 200 g/mol. The van der Waals surface area contributed by atoms with Crippen molar-refractivity contribution in [1.82, 2.24) is 9.78 Å². The molecule has 0 aliphatic rings. The summed E-state index contributed by atoms with van der Waals surface area (Å²) in [6, 6.07) is 7.59. The Balaban J connectivity index is 2.39. The zero-order valence-electron chi connectivity index (χ0n) is 9.69. The lowest BCUT2D eigenvalue weighted by Gasteiger charge is -1.99. The zero-order valence-corrected chi connectivity index (χ0v) is 9.69. The average molecular weight is 214 g/mol. The van der Waals surface area contributed by atoms with Gasteiger partial charge in [0.15, 0.2) is 5.78 Å². The normalized spacial score (nSPS) is 10.4. The molecule has 0 aliphatic heterocycles. The van der Waals surface area contributed by atoms with Crippen molar-refractivity contribution in [3.63, 3.8) is 0 Å². The summed E-state index contributed by atoms with van der Waals surface area (Å²) in [6.45, 7) is 3.85. The second kappa shape index (κ2) is 3.93. The fraction of sp³-hybridized carbons (Fsp3) is 0.231. The van der Waals surface area contributed by atoms with Gasteiger partial charge in [0, 0.05) is 18.8 Å². The molecule has 0 saturated heterocycles. The van der Waals surface area contributed by atoms with Crippen molar-refractivity contribution >= 4 is 5.78 Å². The number of nitrogens with zero attached hydrogens (tertiary/aromatic N) is 2. The second-order valence-corrected chi connectivity index (χ2v) is 4.00. The van der Waals surface area contributed by atoms with E-state index in [-0.39, 0.29) is 5.78 Å². The summed E-state index contributed by atoms with van der Waals surface area (Å²) < 4.78 is 1.66. The van der Waals surface area contributed by atoms with Crippen molar-refractivity contribution in [2.45, 2.75) is 13.8 Å². The highest BCUT2D eigenvalue weighted by atomic mass is 16.1. The van der Waals surface area contributed by atoms with Crippen LogP contribution in [0, 0.1) is 13.8 Å². The summed E-state index contributed by atoms with van der Waals surface area (Å²) in [5, 5.41) is 4.17. The molecule has 3 heteroatoms. The molecule has 0 atom stereocenters. The maximum atomic E-state index is 12.1.